The van der Waals surface area contributed by atoms with Crippen LogP contribution in [0.5, 0.6) is 0 Å². The number of ether oxygens (including phenoxy) is 1. The number of nitriles is 1. The van der Waals surface area contributed by atoms with E-state index in [4.69, 9.17) is 10.00 Å². The highest BCUT2D eigenvalue weighted by atomic mass is 16.5. The van der Waals surface area contributed by atoms with Crippen molar-refractivity contribution in [3.63, 3.8) is 0 Å². The van der Waals surface area contributed by atoms with Crippen LogP contribution in [0.1, 0.15) is 36.8 Å². The lowest BCUT2D eigenvalue weighted by Crippen LogP contribution is -2.54. The van der Waals surface area contributed by atoms with Crippen LogP contribution in [0, 0.1) is 11.3 Å². The van der Waals surface area contributed by atoms with Crippen molar-refractivity contribution in [1.29, 1.82) is 5.26 Å². The van der Waals surface area contributed by atoms with E-state index in [1.165, 1.54) is 7.11 Å². The highest BCUT2D eigenvalue weighted by Gasteiger charge is 2.38. The van der Waals surface area contributed by atoms with Gasteiger partial charge in [-0.25, -0.2) is 4.79 Å². The number of methoxy groups -OCH3 is 1. The molecule has 134 valence electrons. The van der Waals surface area contributed by atoms with Crippen LogP contribution < -0.4 is 5.32 Å². The highest BCUT2D eigenvalue weighted by Crippen LogP contribution is 2.26. The van der Waals surface area contributed by atoms with Crippen molar-refractivity contribution in [2.45, 2.75) is 31.2 Å². The van der Waals surface area contributed by atoms with Gasteiger partial charge in [-0.1, -0.05) is 60.7 Å². The van der Waals surface area contributed by atoms with E-state index in [-0.39, 0.29) is 18.7 Å². The Morgan fingerprint density at radius 1 is 1.08 bits per heavy atom. The summed E-state index contributed by atoms with van der Waals surface area (Å²) in [7, 11) is 1.27. The molecule has 2 rings (SSSR count). The summed E-state index contributed by atoms with van der Waals surface area (Å²) in [6.45, 7) is 1.58. The molecule has 26 heavy (non-hydrogen) atoms. The molecular weight excluding hydrogens is 328 g/mol. The number of rotatable bonds is 7. The van der Waals surface area contributed by atoms with E-state index in [0.29, 0.717) is 0 Å². The number of nitrogens with zero attached hydrogens (tertiary/aromatic N) is 1. The summed E-state index contributed by atoms with van der Waals surface area (Å²) in [6, 6.07) is 20.8. The smallest absolute Gasteiger partial charge is 0.331 e. The fourth-order valence-corrected chi connectivity index (χ4v) is 2.88. The molecule has 0 heterocycles. The molecular formula is C21H22N2O3. The number of hydrogen-bond acceptors (Lipinski definition) is 4. The van der Waals surface area contributed by atoms with Crippen LogP contribution in [0.25, 0.3) is 0 Å². The van der Waals surface area contributed by atoms with Crippen LogP contribution in [0.2, 0.25) is 0 Å². The molecule has 0 unspecified atom stereocenters. The van der Waals surface area contributed by atoms with Crippen molar-refractivity contribution in [3.8, 4) is 6.07 Å². The number of esters is 1. The predicted octanol–water partition coefficient (Wildman–Crippen LogP) is 3.17. The first-order chi connectivity index (χ1) is 12.5. The molecule has 0 aliphatic rings. The van der Waals surface area contributed by atoms with Crippen molar-refractivity contribution < 1.29 is 14.3 Å². The van der Waals surface area contributed by atoms with Crippen molar-refractivity contribution in [1.82, 2.24) is 5.32 Å². The summed E-state index contributed by atoms with van der Waals surface area (Å²) in [5, 5.41) is 11.7. The molecule has 0 saturated carbocycles. The largest absolute Gasteiger partial charge is 0.467 e. The van der Waals surface area contributed by atoms with E-state index in [0.717, 1.165) is 11.1 Å². The van der Waals surface area contributed by atoms with Gasteiger partial charge in [-0.2, -0.15) is 5.26 Å². The summed E-state index contributed by atoms with van der Waals surface area (Å²) in [6.07, 6.45) is 0.311. The van der Waals surface area contributed by atoms with Gasteiger partial charge < -0.3 is 10.1 Å². The SMILES string of the molecule is COC(=O)[C@@](C)(CCC#N)NC(=O)C(c1ccccc1)c1ccccc1. The van der Waals surface area contributed by atoms with E-state index < -0.39 is 17.4 Å². The minimum atomic E-state index is -1.26. The minimum Gasteiger partial charge on any atom is -0.467 e. The molecule has 0 aromatic heterocycles. The molecule has 2 aromatic carbocycles. The third-order valence-corrected chi connectivity index (χ3v) is 4.30. The second kappa shape index (κ2) is 8.82. The first kappa shape index (κ1) is 19.2. The summed E-state index contributed by atoms with van der Waals surface area (Å²) >= 11 is 0. The Morgan fingerprint density at radius 2 is 1.58 bits per heavy atom. The molecule has 1 amide bonds. The minimum absolute atomic E-state index is 0.132. The third-order valence-electron chi connectivity index (χ3n) is 4.30. The summed E-state index contributed by atoms with van der Waals surface area (Å²) < 4.78 is 4.84. The second-order valence-electron chi connectivity index (χ2n) is 6.23. The van der Waals surface area contributed by atoms with Crippen LogP contribution in [-0.4, -0.2) is 24.5 Å². The van der Waals surface area contributed by atoms with Crippen LogP contribution in [0.15, 0.2) is 60.7 Å². The number of amides is 1. The quantitative estimate of drug-likeness (QED) is 0.778. The number of carbonyl (C=O) groups excluding carboxylic acids is 2. The topological polar surface area (TPSA) is 79.2 Å². The van der Waals surface area contributed by atoms with Gasteiger partial charge in [0.15, 0.2) is 0 Å². The van der Waals surface area contributed by atoms with Gasteiger partial charge in [0, 0.05) is 6.42 Å². The van der Waals surface area contributed by atoms with E-state index in [1.807, 2.05) is 66.7 Å². The number of hydrogen-bond donors (Lipinski definition) is 1. The van der Waals surface area contributed by atoms with Gasteiger partial charge >= 0.3 is 5.97 Å². The van der Waals surface area contributed by atoms with Crippen molar-refractivity contribution in [2.75, 3.05) is 7.11 Å². The average Bonchev–Trinajstić information content (AvgIpc) is 2.67. The molecule has 0 bridgehead atoms. The van der Waals surface area contributed by atoms with Crippen molar-refractivity contribution >= 4 is 11.9 Å². The fraction of sp³-hybridized carbons (Fsp3) is 0.286. The molecule has 1 N–H and O–H groups in total. The maximum absolute atomic E-state index is 13.1. The molecule has 0 spiro atoms. The lowest BCUT2D eigenvalue weighted by Gasteiger charge is -2.29. The first-order valence-electron chi connectivity index (χ1n) is 8.39. The lowest BCUT2D eigenvalue weighted by atomic mass is 9.88. The summed E-state index contributed by atoms with van der Waals surface area (Å²) in [5.74, 6) is -1.45. The van der Waals surface area contributed by atoms with E-state index in [2.05, 4.69) is 5.32 Å². The summed E-state index contributed by atoms with van der Waals surface area (Å²) in [4.78, 5) is 25.4. The Labute approximate surface area is 153 Å². The number of nitrogens with one attached hydrogen (secondary N) is 1. The molecule has 0 saturated heterocycles. The van der Waals surface area contributed by atoms with Gasteiger partial charge in [0.05, 0.1) is 19.1 Å². The van der Waals surface area contributed by atoms with E-state index in [1.54, 1.807) is 6.92 Å². The van der Waals surface area contributed by atoms with Crippen LogP contribution in [0.3, 0.4) is 0 Å². The van der Waals surface area contributed by atoms with Gasteiger partial charge in [-0.05, 0) is 24.5 Å². The van der Waals surface area contributed by atoms with Gasteiger partial charge in [-0.3, -0.25) is 4.79 Å². The zero-order chi connectivity index (χ0) is 19.0. The number of carbonyl (C=O) groups is 2. The van der Waals surface area contributed by atoms with Crippen LogP contribution in [-0.2, 0) is 14.3 Å². The average molecular weight is 350 g/mol. The molecule has 1 atom stereocenters. The monoisotopic (exact) mass is 350 g/mol. The normalized spacial score (nSPS) is 12.7. The molecule has 2 aromatic rings. The summed E-state index contributed by atoms with van der Waals surface area (Å²) in [5.41, 5.74) is 0.385. The molecule has 0 fully saturated rings. The molecule has 5 nitrogen and oxygen atoms in total. The van der Waals surface area contributed by atoms with Crippen LogP contribution in [0.4, 0.5) is 0 Å². The highest BCUT2D eigenvalue weighted by molar-refractivity contribution is 5.92. The van der Waals surface area contributed by atoms with E-state index in [9.17, 15) is 9.59 Å². The van der Waals surface area contributed by atoms with Crippen molar-refractivity contribution in [3.05, 3.63) is 71.8 Å². The number of benzene rings is 2. The second-order valence-corrected chi connectivity index (χ2v) is 6.23. The predicted molar refractivity (Wildman–Crippen MR) is 98.1 cm³/mol. The van der Waals surface area contributed by atoms with Gasteiger partial charge in [0.2, 0.25) is 5.91 Å². The van der Waals surface area contributed by atoms with Crippen LogP contribution >= 0.6 is 0 Å². The maximum atomic E-state index is 13.1. The molecule has 0 aliphatic heterocycles. The Balaban J connectivity index is 2.37. The molecule has 5 heteroatoms. The fourth-order valence-electron chi connectivity index (χ4n) is 2.88. The van der Waals surface area contributed by atoms with Gasteiger partial charge in [0.1, 0.15) is 5.54 Å². The first-order valence-corrected chi connectivity index (χ1v) is 8.39. The Kier molecular flexibility index (Phi) is 6.51. The standard InChI is InChI=1S/C21H22N2O3/c1-21(14-9-15-22,20(25)26-2)23-19(24)18(16-10-5-3-6-11-16)17-12-7-4-8-13-17/h3-8,10-13,18H,9,14H2,1-2H3,(H,23,24)/t21-/m1/s1. The molecule has 0 radical (unpaired) electrons. The molecule has 0 aliphatic carbocycles. The zero-order valence-corrected chi connectivity index (χ0v) is 14.9. The maximum Gasteiger partial charge on any atom is 0.331 e. The lowest BCUT2D eigenvalue weighted by molar-refractivity contribution is -0.150. The zero-order valence-electron chi connectivity index (χ0n) is 14.9. The van der Waals surface area contributed by atoms with Crippen molar-refractivity contribution in [2.24, 2.45) is 0 Å². The van der Waals surface area contributed by atoms with Gasteiger partial charge in [-0.15, -0.1) is 0 Å². The Morgan fingerprint density at radius 3 is 2.00 bits per heavy atom. The van der Waals surface area contributed by atoms with E-state index >= 15 is 0 Å². The van der Waals surface area contributed by atoms with Gasteiger partial charge in [0.25, 0.3) is 0 Å². The third kappa shape index (κ3) is 4.48. The Hall–Kier alpha value is -3.13. The Bertz CT molecular complexity index is 744.